The van der Waals surface area contributed by atoms with Crippen molar-refractivity contribution in [1.82, 2.24) is 29.3 Å². The van der Waals surface area contributed by atoms with Crippen LogP contribution in [0.4, 0.5) is 16.2 Å². The monoisotopic (exact) mass is 494 g/mol. The highest BCUT2D eigenvalue weighted by Crippen LogP contribution is 2.30. The van der Waals surface area contributed by atoms with Gasteiger partial charge in [0.2, 0.25) is 0 Å². The number of pyridine rings is 1. The van der Waals surface area contributed by atoms with Crippen LogP contribution in [0.1, 0.15) is 28.9 Å². The normalized spacial score (nSPS) is 16.0. The Bertz CT molecular complexity index is 1390. The zero-order chi connectivity index (χ0) is 24.5. The first kappa shape index (κ1) is 23.0. The molecular weight excluding hydrogens is 468 g/mol. The Morgan fingerprint density at radius 2 is 2.03 bits per heavy atom. The molecule has 12 heteroatoms. The van der Waals surface area contributed by atoms with E-state index in [0.717, 1.165) is 34.7 Å². The molecule has 2 N–H and O–H groups in total. The molecule has 5 heterocycles. The van der Waals surface area contributed by atoms with Gasteiger partial charge in [-0.2, -0.15) is 10.2 Å². The molecule has 0 unspecified atom stereocenters. The maximum absolute atomic E-state index is 13.1. The number of ether oxygens (including phenoxy) is 1. The number of thiazole rings is 1. The van der Waals surface area contributed by atoms with Crippen LogP contribution in [0.15, 0.2) is 37.1 Å². The number of carbonyl (C=O) groups excluding carboxylic acids is 2. The fourth-order valence-corrected chi connectivity index (χ4v) is 5.09. The van der Waals surface area contributed by atoms with Crippen molar-refractivity contribution in [3.63, 3.8) is 0 Å². The van der Waals surface area contributed by atoms with Crippen molar-refractivity contribution >= 4 is 39.5 Å². The first-order chi connectivity index (χ1) is 16.9. The molecule has 2 amide bonds. The molecule has 0 saturated carbocycles. The van der Waals surface area contributed by atoms with E-state index < -0.39 is 6.09 Å². The van der Waals surface area contributed by atoms with Gasteiger partial charge in [-0.05, 0) is 39.4 Å². The Morgan fingerprint density at radius 1 is 1.17 bits per heavy atom. The molecule has 182 valence electrons. The molecule has 1 saturated heterocycles. The molecule has 4 aromatic heterocycles. The highest BCUT2D eigenvalue weighted by atomic mass is 32.1. The van der Waals surface area contributed by atoms with E-state index in [-0.39, 0.29) is 11.9 Å². The van der Waals surface area contributed by atoms with Crippen LogP contribution in [0.2, 0.25) is 0 Å². The van der Waals surface area contributed by atoms with E-state index in [4.69, 9.17) is 4.74 Å². The average molecular weight is 495 g/mol. The molecular formula is C23H26N8O3S. The van der Waals surface area contributed by atoms with Crippen molar-refractivity contribution < 1.29 is 14.3 Å². The molecule has 0 aliphatic carbocycles. The lowest BCUT2D eigenvalue weighted by Crippen LogP contribution is -2.31. The van der Waals surface area contributed by atoms with Gasteiger partial charge in [0.15, 0.2) is 0 Å². The number of rotatable bonds is 6. The predicted molar refractivity (Wildman–Crippen MR) is 133 cm³/mol. The quantitative estimate of drug-likeness (QED) is 0.422. The summed E-state index contributed by atoms with van der Waals surface area (Å²) < 4.78 is 8.79. The largest absolute Gasteiger partial charge is 0.448 e. The first-order valence-electron chi connectivity index (χ1n) is 11.3. The van der Waals surface area contributed by atoms with Crippen molar-refractivity contribution in [2.24, 2.45) is 7.05 Å². The number of hydrogen-bond acceptors (Lipinski definition) is 8. The van der Waals surface area contributed by atoms with Crippen LogP contribution in [0.3, 0.4) is 0 Å². The minimum Gasteiger partial charge on any atom is -0.448 e. The van der Waals surface area contributed by atoms with Crippen molar-refractivity contribution in [3.8, 4) is 10.4 Å². The summed E-state index contributed by atoms with van der Waals surface area (Å²) in [6.45, 7) is 3.14. The molecule has 1 atom stereocenters. The Labute approximate surface area is 205 Å². The van der Waals surface area contributed by atoms with Gasteiger partial charge in [0.1, 0.15) is 11.4 Å². The first-order valence-corrected chi connectivity index (χ1v) is 12.1. The van der Waals surface area contributed by atoms with E-state index in [1.807, 2.05) is 26.5 Å². The molecule has 4 aromatic rings. The number of aryl methyl sites for hydroxylation is 2. The number of aromatic nitrogens is 5. The molecule has 0 spiro atoms. The minimum atomic E-state index is -0.548. The lowest BCUT2D eigenvalue weighted by Gasteiger charge is -2.19. The smallest absolute Gasteiger partial charge is 0.411 e. The molecule has 5 rings (SSSR count). The van der Waals surface area contributed by atoms with Gasteiger partial charge in [-0.15, -0.1) is 11.3 Å². The molecule has 0 aromatic carbocycles. The predicted octanol–water partition coefficient (Wildman–Crippen LogP) is 3.39. The van der Waals surface area contributed by atoms with Gasteiger partial charge in [-0.3, -0.25) is 19.8 Å². The van der Waals surface area contributed by atoms with Crippen molar-refractivity contribution in [3.05, 3.63) is 48.3 Å². The summed E-state index contributed by atoms with van der Waals surface area (Å²) in [5, 5.41) is 14.1. The summed E-state index contributed by atoms with van der Waals surface area (Å²) in [5.74, 6) is -0.312. The van der Waals surface area contributed by atoms with Crippen LogP contribution in [0.5, 0.6) is 0 Å². The van der Waals surface area contributed by atoms with Gasteiger partial charge in [0, 0.05) is 31.0 Å². The highest BCUT2D eigenvalue weighted by molar-refractivity contribution is 7.21. The van der Waals surface area contributed by atoms with Crippen LogP contribution in [0, 0.1) is 6.92 Å². The molecule has 35 heavy (non-hydrogen) atoms. The fourth-order valence-electron chi connectivity index (χ4n) is 4.06. The summed E-state index contributed by atoms with van der Waals surface area (Å²) in [7, 11) is 3.89. The Balaban J connectivity index is 1.27. The summed E-state index contributed by atoms with van der Waals surface area (Å²) in [4.78, 5) is 33.5. The second-order valence-electron chi connectivity index (χ2n) is 8.62. The third kappa shape index (κ3) is 4.88. The van der Waals surface area contributed by atoms with Gasteiger partial charge in [-0.25, -0.2) is 9.31 Å². The number of likely N-dealkylation sites (N-methyl/N-ethyl adjacent to an activating group) is 1. The maximum Gasteiger partial charge on any atom is 0.411 e. The van der Waals surface area contributed by atoms with Gasteiger partial charge in [0.05, 0.1) is 46.1 Å². The van der Waals surface area contributed by atoms with Crippen molar-refractivity contribution in [2.45, 2.75) is 25.8 Å². The van der Waals surface area contributed by atoms with Crippen LogP contribution >= 0.6 is 11.3 Å². The second-order valence-corrected chi connectivity index (χ2v) is 9.65. The number of hydrogen-bond donors (Lipinski definition) is 2. The van der Waals surface area contributed by atoms with Crippen LogP contribution in [0.25, 0.3) is 15.3 Å². The lowest BCUT2D eigenvalue weighted by atomic mass is 10.2. The van der Waals surface area contributed by atoms with Crippen LogP contribution in [-0.4, -0.2) is 67.5 Å². The number of nitrogens with zero attached hydrogens (tertiary/aromatic N) is 6. The highest BCUT2D eigenvalue weighted by Gasteiger charge is 2.22. The number of nitrogens with one attached hydrogen (secondary N) is 2. The second kappa shape index (κ2) is 9.47. The molecule has 1 fully saturated rings. The van der Waals surface area contributed by atoms with Crippen molar-refractivity contribution in [1.29, 1.82) is 0 Å². The molecule has 1 aliphatic heterocycles. The Kier molecular flexibility index (Phi) is 6.22. The SMILES string of the molecule is Cc1ncc(NC(=O)OC[C@@H]2CCCN2C)cc1NC(=O)c1cnn2cc(-c3cnn(C)c3)sc12. The van der Waals surface area contributed by atoms with Gasteiger partial charge >= 0.3 is 6.09 Å². The van der Waals surface area contributed by atoms with Gasteiger partial charge in [-0.1, -0.05) is 0 Å². The third-order valence-corrected chi connectivity index (χ3v) is 7.25. The van der Waals surface area contributed by atoms with Gasteiger partial charge < -0.3 is 15.0 Å². The topological polar surface area (TPSA) is 119 Å². The van der Waals surface area contributed by atoms with Gasteiger partial charge in [0.25, 0.3) is 5.91 Å². The van der Waals surface area contributed by atoms with E-state index in [2.05, 4.69) is 30.7 Å². The number of carbonyl (C=O) groups is 2. The summed E-state index contributed by atoms with van der Waals surface area (Å²) >= 11 is 1.46. The maximum atomic E-state index is 13.1. The third-order valence-electron chi connectivity index (χ3n) is 6.09. The fraction of sp³-hybridized carbons (Fsp3) is 0.348. The number of likely N-dealkylation sites (tertiary alicyclic amines) is 1. The van der Waals surface area contributed by atoms with E-state index in [1.165, 1.54) is 23.7 Å². The number of anilines is 2. The Morgan fingerprint density at radius 3 is 2.77 bits per heavy atom. The van der Waals surface area contributed by atoms with Crippen LogP contribution < -0.4 is 10.6 Å². The van der Waals surface area contributed by atoms with Crippen LogP contribution in [-0.2, 0) is 11.8 Å². The number of amides is 2. The van der Waals surface area contributed by atoms with E-state index in [0.29, 0.717) is 29.2 Å². The lowest BCUT2D eigenvalue weighted by molar-refractivity contribution is 0.102. The standard InChI is InChI=1S/C23H26N8O3S/c1-14-19(7-16(9-24-14)27-23(33)34-13-17-5-4-6-29(17)2)28-21(32)18-10-26-31-12-20(35-22(18)31)15-8-25-30(3)11-15/h7-12,17H,4-6,13H2,1-3H3,(H,27,33)(H,28,32)/t17-/m0/s1. The zero-order valence-corrected chi connectivity index (χ0v) is 20.5. The average Bonchev–Trinajstić information content (AvgIpc) is 3.59. The minimum absolute atomic E-state index is 0.246. The van der Waals surface area contributed by atoms with E-state index in [9.17, 15) is 9.59 Å². The molecule has 0 radical (unpaired) electrons. The zero-order valence-electron chi connectivity index (χ0n) is 19.7. The van der Waals surface area contributed by atoms with E-state index in [1.54, 1.807) is 28.4 Å². The summed E-state index contributed by atoms with van der Waals surface area (Å²) in [5.41, 5.74) is 2.95. The molecule has 11 nitrogen and oxygen atoms in total. The summed E-state index contributed by atoms with van der Waals surface area (Å²) in [6.07, 6.45) is 10.2. The van der Waals surface area contributed by atoms with E-state index >= 15 is 0 Å². The number of fused-ring (bicyclic) bond motifs is 1. The summed E-state index contributed by atoms with van der Waals surface area (Å²) in [6, 6.07) is 1.91. The molecule has 0 bridgehead atoms. The Hall–Kier alpha value is -3.77. The molecule has 1 aliphatic rings. The van der Waals surface area contributed by atoms with Crippen molar-refractivity contribution in [2.75, 3.05) is 30.8 Å².